The molecule has 96 valence electrons. The molecule has 5 heteroatoms. The third kappa shape index (κ3) is 3.19. The number of H-pyrrole nitrogens is 1. The van der Waals surface area contributed by atoms with E-state index in [1.54, 1.807) is 18.0 Å². The van der Waals surface area contributed by atoms with Crippen LogP contribution in [0.4, 0.5) is 0 Å². The predicted molar refractivity (Wildman–Crippen MR) is 70.4 cm³/mol. The fourth-order valence-electron chi connectivity index (χ4n) is 1.75. The number of nitrogens with one attached hydrogen (secondary N) is 1. The molecule has 1 N–H and O–H groups in total. The van der Waals surface area contributed by atoms with Gasteiger partial charge < -0.3 is 9.88 Å². The Morgan fingerprint density at radius 2 is 2.37 bits per heavy atom. The largest absolute Gasteiger partial charge is 0.365 e. The summed E-state index contributed by atoms with van der Waals surface area (Å²) in [5.41, 5.74) is 1.92. The number of nitriles is 1. The van der Waals surface area contributed by atoms with Gasteiger partial charge in [0.15, 0.2) is 0 Å². The van der Waals surface area contributed by atoms with Crippen molar-refractivity contribution in [2.24, 2.45) is 0 Å². The monoisotopic (exact) mass is 254 g/mol. The van der Waals surface area contributed by atoms with Crippen LogP contribution in [0, 0.1) is 11.3 Å². The second-order valence-corrected chi connectivity index (χ2v) is 4.25. The molecule has 0 unspecified atom stereocenters. The molecular formula is C14H14N4O. The summed E-state index contributed by atoms with van der Waals surface area (Å²) in [6, 6.07) is 7.44. The first kappa shape index (κ1) is 12.8. The van der Waals surface area contributed by atoms with Crippen LogP contribution in [-0.2, 0) is 6.42 Å². The average molecular weight is 254 g/mol. The molecule has 0 aromatic carbocycles. The Morgan fingerprint density at radius 1 is 1.53 bits per heavy atom. The highest BCUT2D eigenvalue weighted by Gasteiger charge is 2.12. The van der Waals surface area contributed by atoms with E-state index in [-0.39, 0.29) is 5.91 Å². The number of nitrogens with zero attached hydrogens (tertiary/aromatic N) is 3. The van der Waals surface area contributed by atoms with Crippen molar-refractivity contribution in [3.05, 3.63) is 53.6 Å². The molecular weight excluding hydrogens is 240 g/mol. The van der Waals surface area contributed by atoms with Crippen molar-refractivity contribution in [2.45, 2.75) is 6.42 Å². The summed E-state index contributed by atoms with van der Waals surface area (Å²) < 4.78 is 0. The fraction of sp³-hybridized carbons (Fsp3) is 0.214. The molecule has 0 aliphatic heterocycles. The lowest BCUT2D eigenvalue weighted by Crippen LogP contribution is -2.29. The Hall–Kier alpha value is -2.61. The molecule has 0 fully saturated rings. The first-order valence-electron chi connectivity index (χ1n) is 5.93. The first-order chi connectivity index (χ1) is 9.20. The maximum atomic E-state index is 12.1. The summed E-state index contributed by atoms with van der Waals surface area (Å²) in [7, 11) is 1.74. The molecule has 2 heterocycles. The molecule has 0 bridgehead atoms. The molecule has 0 radical (unpaired) electrons. The van der Waals surface area contributed by atoms with E-state index in [0.717, 1.165) is 12.1 Å². The lowest BCUT2D eigenvalue weighted by molar-refractivity contribution is 0.0796. The smallest absolute Gasteiger partial charge is 0.255 e. The maximum absolute atomic E-state index is 12.1. The SMILES string of the molecule is CN(CCc1ccc[nH]1)C(=O)c1cncc(C#N)c1. The molecule has 1 amide bonds. The lowest BCUT2D eigenvalue weighted by Gasteiger charge is -2.16. The Kier molecular flexibility index (Phi) is 3.94. The van der Waals surface area contributed by atoms with Crippen molar-refractivity contribution >= 4 is 5.91 Å². The average Bonchev–Trinajstić information content (AvgIpc) is 2.97. The van der Waals surface area contributed by atoms with Crippen LogP contribution in [0.3, 0.4) is 0 Å². The molecule has 0 aliphatic carbocycles. The van der Waals surface area contributed by atoms with Gasteiger partial charge in [-0.1, -0.05) is 0 Å². The van der Waals surface area contributed by atoms with Crippen LogP contribution in [0.5, 0.6) is 0 Å². The fourth-order valence-corrected chi connectivity index (χ4v) is 1.75. The molecule has 0 saturated carbocycles. The van der Waals surface area contributed by atoms with Gasteiger partial charge in [-0.05, 0) is 18.2 Å². The Labute approximate surface area is 111 Å². The van der Waals surface area contributed by atoms with Crippen molar-refractivity contribution < 1.29 is 4.79 Å². The Balaban J connectivity index is 2.00. The van der Waals surface area contributed by atoms with Gasteiger partial charge in [-0.15, -0.1) is 0 Å². The van der Waals surface area contributed by atoms with Crippen LogP contribution in [0.1, 0.15) is 21.6 Å². The van der Waals surface area contributed by atoms with Crippen LogP contribution < -0.4 is 0 Å². The van der Waals surface area contributed by atoms with Gasteiger partial charge in [-0.25, -0.2) is 0 Å². The molecule has 2 aromatic rings. The number of carbonyl (C=O) groups excluding carboxylic acids is 1. The van der Waals surface area contributed by atoms with Gasteiger partial charge in [0.1, 0.15) is 6.07 Å². The van der Waals surface area contributed by atoms with Gasteiger partial charge in [-0.3, -0.25) is 9.78 Å². The van der Waals surface area contributed by atoms with E-state index < -0.39 is 0 Å². The van der Waals surface area contributed by atoms with Crippen molar-refractivity contribution in [1.29, 1.82) is 5.26 Å². The van der Waals surface area contributed by atoms with Crippen LogP contribution in [-0.4, -0.2) is 34.4 Å². The summed E-state index contributed by atoms with van der Waals surface area (Å²) in [5.74, 6) is -0.129. The van der Waals surface area contributed by atoms with Crippen LogP contribution >= 0.6 is 0 Å². The molecule has 0 atom stereocenters. The van der Waals surface area contributed by atoms with E-state index in [2.05, 4.69) is 9.97 Å². The van der Waals surface area contributed by atoms with E-state index in [4.69, 9.17) is 5.26 Å². The maximum Gasteiger partial charge on any atom is 0.255 e. The molecule has 0 aliphatic rings. The van der Waals surface area contributed by atoms with Gasteiger partial charge in [0, 0.05) is 44.3 Å². The van der Waals surface area contributed by atoms with Gasteiger partial charge in [0.25, 0.3) is 5.91 Å². The van der Waals surface area contributed by atoms with E-state index in [1.165, 1.54) is 12.4 Å². The molecule has 0 saturated heterocycles. The third-order valence-electron chi connectivity index (χ3n) is 2.84. The normalized spacial score (nSPS) is 9.89. The number of amides is 1. The van der Waals surface area contributed by atoms with Crippen molar-refractivity contribution in [2.75, 3.05) is 13.6 Å². The number of aromatic nitrogens is 2. The minimum atomic E-state index is -0.129. The topological polar surface area (TPSA) is 72.8 Å². The quantitative estimate of drug-likeness (QED) is 0.900. The van der Waals surface area contributed by atoms with Crippen molar-refractivity contribution in [3.63, 3.8) is 0 Å². The number of hydrogen-bond acceptors (Lipinski definition) is 3. The Morgan fingerprint density at radius 3 is 3.05 bits per heavy atom. The van der Waals surface area contributed by atoms with Crippen LogP contribution in [0.2, 0.25) is 0 Å². The zero-order valence-corrected chi connectivity index (χ0v) is 10.6. The Bertz CT molecular complexity index is 598. The summed E-state index contributed by atoms with van der Waals surface area (Å²) in [6.45, 7) is 0.607. The second kappa shape index (κ2) is 5.83. The third-order valence-corrected chi connectivity index (χ3v) is 2.84. The number of rotatable bonds is 4. The van der Waals surface area contributed by atoms with Crippen molar-refractivity contribution in [1.82, 2.24) is 14.9 Å². The van der Waals surface area contributed by atoms with E-state index in [1.807, 2.05) is 24.4 Å². The first-order valence-corrected chi connectivity index (χ1v) is 5.93. The molecule has 2 aromatic heterocycles. The van der Waals surface area contributed by atoms with E-state index in [0.29, 0.717) is 17.7 Å². The van der Waals surface area contributed by atoms with Crippen LogP contribution in [0.15, 0.2) is 36.8 Å². The molecule has 5 nitrogen and oxygen atoms in total. The molecule has 2 rings (SSSR count). The molecule has 19 heavy (non-hydrogen) atoms. The lowest BCUT2D eigenvalue weighted by atomic mass is 10.2. The van der Waals surface area contributed by atoms with Gasteiger partial charge in [-0.2, -0.15) is 5.26 Å². The summed E-state index contributed by atoms with van der Waals surface area (Å²) >= 11 is 0. The summed E-state index contributed by atoms with van der Waals surface area (Å²) in [4.78, 5) is 20.8. The number of carbonyl (C=O) groups is 1. The highest BCUT2D eigenvalue weighted by atomic mass is 16.2. The standard InChI is InChI=1S/C14H14N4O/c1-18(6-4-13-3-2-5-17-13)14(19)12-7-11(8-15)9-16-10-12/h2-3,5,7,9-10,17H,4,6H2,1H3. The van der Waals surface area contributed by atoms with E-state index in [9.17, 15) is 4.79 Å². The summed E-state index contributed by atoms with van der Waals surface area (Å²) in [6.07, 6.45) is 5.54. The van der Waals surface area contributed by atoms with Gasteiger partial charge in [0.05, 0.1) is 11.1 Å². The van der Waals surface area contributed by atoms with E-state index >= 15 is 0 Å². The second-order valence-electron chi connectivity index (χ2n) is 4.25. The minimum Gasteiger partial charge on any atom is -0.365 e. The van der Waals surface area contributed by atoms with Crippen molar-refractivity contribution in [3.8, 4) is 6.07 Å². The van der Waals surface area contributed by atoms with Crippen LogP contribution in [0.25, 0.3) is 0 Å². The minimum absolute atomic E-state index is 0.129. The number of likely N-dealkylation sites (N-methyl/N-ethyl adjacent to an activating group) is 1. The van der Waals surface area contributed by atoms with Gasteiger partial charge in [0.2, 0.25) is 0 Å². The number of hydrogen-bond donors (Lipinski definition) is 1. The summed E-state index contributed by atoms with van der Waals surface area (Å²) in [5, 5.41) is 8.79. The molecule has 0 spiro atoms. The van der Waals surface area contributed by atoms with Gasteiger partial charge >= 0.3 is 0 Å². The number of aromatic amines is 1. The zero-order valence-electron chi connectivity index (χ0n) is 10.6. The zero-order chi connectivity index (χ0) is 13.7. The highest BCUT2D eigenvalue weighted by Crippen LogP contribution is 2.06. The number of pyridine rings is 1. The predicted octanol–water partition coefficient (Wildman–Crippen LogP) is 1.60. The highest BCUT2D eigenvalue weighted by molar-refractivity contribution is 5.94.